The molecule has 10 heteroatoms. The fraction of sp³-hybridized carbons (Fsp3) is 0.222. The van der Waals surface area contributed by atoms with Crippen LogP contribution in [0.1, 0.15) is 24.0 Å². The molecule has 3 aromatic carbocycles. The van der Waals surface area contributed by atoms with Crippen molar-refractivity contribution >= 4 is 23.5 Å². The average molecular weight is 627 g/mol. The van der Waals surface area contributed by atoms with Crippen LogP contribution in [0.3, 0.4) is 0 Å². The number of aromatic hydroxyl groups is 1. The van der Waals surface area contributed by atoms with E-state index in [4.69, 9.17) is 15.2 Å². The minimum absolute atomic E-state index is 0.00506. The number of pyridine rings is 1. The van der Waals surface area contributed by atoms with Crippen molar-refractivity contribution in [3.8, 4) is 33.8 Å². The number of hydrogen-bond donors (Lipinski definition) is 3. The number of carbonyl (C=O) groups is 1. The molecule has 0 saturated carbocycles. The smallest absolute Gasteiger partial charge is 0.249 e. The molecule has 2 heterocycles. The topological polar surface area (TPSA) is 110 Å². The molecule has 0 aliphatic carbocycles. The number of ether oxygens (including phenoxy) is 2. The number of hydrogen-bond acceptors (Lipinski definition) is 7. The van der Waals surface area contributed by atoms with E-state index in [0.717, 1.165) is 18.4 Å². The number of methoxy groups -OCH3 is 1. The molecule has 238 valence electrons. The molecule has 0 bridgehead atoms. The van der Waals surface area contributed by atoms with Crippen molar-refractivity contribution in [3.63, 3.8) is 0 Å². The van der Waals surface area contributed by atoms with Crippen LogP contribution in [-0.4, -0.2) is 47.8 Å². The van der Waals surface area contributed by atoms with Gasteiger partial charge in [-0.25, -0.2) is 13.8 Å². The summed E-state index contributed by atoms with van der Waals surface area (Å²) in [5.41, 5.74) is 9.59. The highest BCUT2D eigenvalue weighted by Gasteiger charge is 2.17. The zero-order valence-electron chi connectivity index (χ0n) is 25.7. The lowest BCUT2D eigenvalue weighted by molar-refractivity contribution is -0.112. The van der Waals surface area contributed by atoms with Crippen molar-refractivity contribution < 1.29 is 28.2 Å². The van der Waals surface area contributed by atoms with Crippen molar-refractivity contribution in [2.45, 2.75) is 19.8 Å². The molecule has 0 unspecified atom stereocenters. The predicted octanol–water partition coefficient (Wildman–Crippen LogP) is 7.15. The third-order valence-electron chi connectivity index (χ3n) is 7.79. The quantitative estimate of drug-likeness (QED) is 0.160. The Kier molecular flexibility index (Phi) is 10.3. The van der Waals surface area contributed by atoms with Crippen LogP contribution in [0.5, 0.6) is 11.5 Å². The predicted molar refractivity (Wildman–Crippen MR) is 176 cm³/mol. The summed E-state index contributed by atoms with van der Waals surface area (Å²) in [7, 11) is 1.45. The summed E-state index contributed by atoms with van der Waals surface area (Å²) in [6.07, 6.45) is 9.76. The number of rotatable bonds is 10. The molecule has 0 spiro atoms. The number of nitrogen functional groups attached to an aromatic ring is 1. The third kappa shape index (κ3) is 8.08. The molecule has 1 aliphatic rings. The summed E-state index contributed by atoms with van der Waals surface area (Å²) in [4.78, 5) is 19.0. The molecule has 1 fully saturated rings. The molecule has 1 amide bonds. The molecule has 1 saturated heterocycles. The van der Waals surface area contributed by atoms with Crippen LogP contribution in [0.4, 0.5) is 20.3 Å². The number of aryl methyl sites for hydroxylation is 1. The molecule has 5 rings (SSSR count). The summed E-state index contributed by atoms with van der Waals surface area (Å²) in [6.45, 7) is 3.82. The molecule has 0 atom stereocenters. The lowest BCUT2D eigenvalue weighted by atomic mass is 10.00. The standard InChI is InChI=1S/C36H36F2N4O4/c1-23-3-4-25(31(37)17-23)9-13-42(22-24-11-15-46-16-12-24)14-10-35(44)41-28-6-7-29(32(38)20-28)30-18-27(21-40-36(30)39)26-5-8-33(43)34(19-26)45-2/h3-10,13-14,17-21,24,43H,11-12,15-16,22H2,1-2H3,(H2,39,40)(H,41,44)/b13-9+,14-10+. The summed E-state index contributed by atoms with van der Waals surface area (Å²) in [6, 6.07) is 15.9. The number of carbonyl (C=O) groups excluding carboxylic acids is 1. The van der Waals surface area contributed by atoms with Crippen LogP contribution >= 0.6 is 0 Å². The number of anilines is 2. The fourth-order valence-electron chi connectivity index (χ4n) is 5.21. The summed E-state index contributed by atoms with van der Waals surface area (Å²) < 4.78 is 40.5. The lowest BCUT2D eigenvalue weighted by Crippen LogP contribution is -2.26. The number of amides is 1. The van der Waals surface area contributed by atoms with Gasteiger partial charge in [-0.15, -0.1) is 0 Å². The number of nitrogens with one attached hydrogen (secondary N) is 1. The van der Waals surface area contributed by atoms with E-state index in [0.29, 0.717) is 53.7 Å². The normalized spacial score (nSPS) is 13.7. The largest absolute Gasteiger partial charge is 0.504 e. The van der Waals surface area contributed by atoms with Gasteiger partial charge in [0.15, 0.2) is 11.5 Å². The van der Waals surface area contributed by atoms with Gasteiger partial charge >= 0.3 is 0 Å². The Labute approximate surface area is 266 Å². The molecule has 1 aliphatic heterocycles. The Morgan fingerprint density at radius 2 is 1.85 bits per heavy atom. The zero-order valence-corrected chi connectivity index (χ0v) is 25.7. The lowest BCUT2D eigenvalue weighted by Gasteiger charge is -2.26. The first-order chi connectivity index (χ1) is 22.2. The fourth-order valence-corrected chi connectivity index (χ4v) is 5.21. The maximum atomic E-state index is 15.4. The number of halogens is 2. The van der Waals surface area contributed by atoms with Gasteiger partial charge in [0.2, 0.25) is 5.91 Å². The van der Waals surface area contributed by atoms with E-state index in [1.807, 2.05) is 17.9 Å². The van der Waals surface area contributed by atoms with Crippen LogP contribution in [-0.2, 0) is 9.53 Å². The Balaban J connectivity index is 1.31. The molecule has 1 aromatic heterocycles. The Morgan fingerprint density at radius 3 is 2.59 bits per heavy atom. The van der Waals surface area contributed by atoms with E-state index in [-0.39, 0.29) is 28.6 Å². The molecule has 8 nitrogen and oxygen atoms in total. The van der Waals surface area contributed by atoms with Crippen LogP contribution in [0.2, 0.25) is 0 Å². The third-order valence-corrected chi connectivity index (χ3v) is 7.79. The highest BCUT2D eigenvalue weighted by Crippen LogP contribution is 2.35. The zero-order chi connectivity index (χ0) is 32.6. The second-order valence-electron chi connectivity index (χ2n) is 11.1. The summed E-state index contributed by atoms with van der Waals surface area (Å²) in [5, 5.41) is 12.6. The van der Waals surface area contributed by atoms with Crippen LogP contribution in [0, 0.1) is 24.5 Å². The van der Waals surface area contributed by atoms with Gasteiger partial charge in [0.25, 0.3) is 0 Å². The number of nitrogens with zero attached hydrogens (tertiary/aromatic N) is 2. The van der Waals surface area contributed by atoms with Gasteiger partial charge in [-0.3, -0.25) is 4.79 Å². The van der Waals surface area contributed by atoms with Crippen LogP contribution in [0.25, 0.3) is 28.3 Å². The second-order valence-corrected chi connectivity index (χ2v) is 11.1. The van der Waals surface area contributed by atoms with E-state index < -0.39 is 11.7 Å². The summed E-state index contributed by atoms with van der Waals surface area (Å²) in [5.74, 6) is -0.597. The number of benzene rings is 3. The van der Waals surface area contributed by atoms with Crippen molar-refractivity contribution in [1.29, 1.82) is 0 Å². The van der Waals surface area contributed by atoms with E-state index in [2.05, 4.69) is 10.3 Å². The minimum atomic E-state index is -0.597. The van der Waals surface area contributed by atoms with E-state index >= 15 is 4.39 Å². The number of nitrogens with two attached hydrogens (primary N) is 1. The van der Waals surface area contributed by atoms with Gasteiger partial charge in [0.1, 0.15) is 17.5 Å². The maximum Gasteiger partial charge on any atom is 0.249 e. The Bertz CT molecular complexity index is 1770. The first-order valence-electron chi connectivity index (χ1n) is 14.9. The first-order valence-corrected chi connectivity index (χ1v) is 14.9. The van der Waals surface area contributed by atoms with E-state index in [9.17, 15) is 14.3 Å². The number of aromatic nitrogens is 1. The highest BCUT2D eigenvalue weighted by molar-refractivity contribution is 5.99. The van der Waals surface area contributed by atoms with Crippen LogP contribution < -0.4 is 15.8 Å². The van der Waals surface area contributed by atoms with Gasteiger partial charge in [0, 0.05) is 72.4 Å². The number of phenolic OH excluding ortho intramolecular Hbond substituents is 1. The van der Waals surface area contributed by atoms with Gasteiger partial charge in [-0.2, -0.15) is 0 Å². The van der Waals surface area contributed by atoms with Gasteiger partial charge in [0.05, 0.1) is 7.11 Å². The molecule has 4 aromatic rings. The van der Waals surface area contributed by atoms with Gasteiger partial charge in [-0.1, -0.05) is 18.2 Å². The maximum absolute atomic E-state index is 15.4. The summed E-state index contributed by atoms with van der Waals surface area (Å²) >= 11 is 0. The molecule has 46 heavy (non-hydrogen) atoms. The van der Waals surface area contributed by atoms with Crippen molar-refractivity contribution in [2.75, 3.05) is 37.9 Å². The van der Waals surface area contributed by atoms with Gasteiger partial charge in [-0.05, 0) is 85.4 Å². The number of phenols is 1. The molecule has 4 N–H and O–H groups in total. The molecule has 0 radical (unpaired) electrons. The highest BCUT2D eigenvalue weighted by atomic mass is 19.1. The molecular formula is C36H36F2N4O4. The Morgan fingerprint density at radius 1 is 1.04 bits per heavy atom. The van der Waals surface area contributed by atoms with E-state index in [1.165, 1.54) is 37.5 Å². The van der Waals surface area contributed by atoms with Crippen molar-refractivity contribution in [1.82, 2.24) is 9.88 Å². The minimum Gasteiger partial charge on any atom is -0.504 e. The first kappa shape index (κ1) is 32.2. The van der Waals surface area contributed by atoms with E-state index in [1.54, 1.807) is 55.0 Å². The Hall–Kier alpha value is -5.22. The van der Waals surface area contributed by atoms with Gasteiger partial charge < -0.3 is 30.5 Å². The van der Waals surface area contributed by atoms with Crippen LogP contribution in [0.15, 0.2) is 85.3 Å². The second kappa shape index (κ2) is 14.7. The monoisotopic (exact) mass is 626 g/mol. The van der Waals surface area contributed by atoms with Crippen molar-refractivity contribution in [3.05, 3.63) is 108 Å². The van der Waals surface area contributed by atoms with Crippen molar-refractivity contribution in [2.24, 2.45) is 5.92 Å². The molecular weight excluding hydrogens is 590 g/mol. The average Bonchev–Trinajstić information content (AvgIpc) is 3.04. The SMILES string of the molecule is COc1cc(-c2cnc(N)c(-c3ccc(NC(=O)/C=C/N(/C=C/c4ccc(C)cc4F)CC4CCOCC4)cc3F)c2)ccc1O.